The molecule has 0 unspecified atom stereocenters. The Morgan fingerprint density at radius 2 is 1.79 bits per heavy atom. The zero-order valence-electron chi connectivity index (χ0n) is 12.0. The van der Waals surface area contributed by atoms with Crippen LogP contribution in [0.1, 0.15) is 5.56 Å². The molecule has 2 rings (SSSR count). The van der Waals surface area contributed by atoms with Gasteiger partial charge in [0.2, 0.25) is 5.75 Å². The van der Waals surface area contributed by atoms with Crippen molar-refractivity contribution in [2.75, 3.05) is 5.32 Å². The summed E-state index contributed by atoms with van der Waals surface area (Å²) in [5.41, 5.74) is -1.35. The molecule has 2 aromatic carbocycles. The van der Waals surface area contributed by atoms with Crippen LogP contribution in [0.4, 0.5) is 21.9 Å². The minimum atomic E-state index is -1.02. The van der Waals surface area contributed by atoms with Crippen LogP contribution in [0.15, 0.2) is 42.5 Å². The summed E-state index contributed by atoms with van der Waals surface area (Å²) < 4.78 is 4.89. The number of aromatic hydroxyl groups is 1. The highest BCUT2D eigenvalue weighted by atomic mass is 16.6. The monoisotopic (exact) mass is 333 g/mol. The Bertz CT molecular complexity index is 792. The standard InChI is InChI=1S/C14H11N3O7/c18-13-11(6-10(16(20)21)7-12(13)17(22)23)15-14(19)24-8-9-4-2-1-3-5-9/h1-7,18H,8H2,(H,15,19). The van der Waals surface area contributed by atoms with E-state index in [1.807, 2.05) is 0 Å². The van der Waals surface area contributed by atoms with E-state index >= 15 is 0 Å². The van der Waals surface area contributed by atoms with Crippen LogP contribution in [0.25, 0.3) is 0 Å². The van der Waals surface area contributed by atoms with Gasteiger partial charge in [-0.1, -0.05) is 30.3 Å². The van der Waals surface area contributed by atoms with Crippen LogP contribution in [-0.2, 0) is 11.3 Å². The van der Waals surface area contributed by atoms with Crippen LogP contribution in [0.2, 0.25) is 0 Å². The fourth-order valence-electron chi connectivity index (χ4n) is 1.81. The molecule has 124 valence electrons. The Morgan fingerprint density at radius 1 is 1.12 bits per heavy atom. The van der Waals surface area contributed by atoms with E-state index < -0.39 is 38.8 Å². The van der Waals surface area contributed by atoms with Gasteiger partial charge in [0.05, 0.1) is 15.9 Å². The number of nitrogens with one attached hydrogen (secondary N) is 1. The number of anilines is 1. The highest BCUT2D eigenvalue weighted by molar-refractivity contribution is 5.89. The Kier molecular flexibility index (Phi) is 4.90. The lowest BCUT2D eigenvalue weighted by Gasteiger charge is -2.08. The normalized spacial score (nSPS) is 10.0. The lowest BCUT2D eigenvalue weighted by atomic mass is 10.2. The molecule has 2 N–H and O–H groups in total. The predicted molar refractivity (Wildman–Crippen MR) is 81.7 cm³/mol. The summed E-state index contributed by atoms with van der Waals surface area (Å²) in [4.78, 5) is 31.5. The zero-order chi connectivity index (χ0) is 17.7. The SMILES string of the molecule is O=C(Nc1cc([N+](=O)[O-])cc([N+](=O)[O-])c1O)OCc1ccccc1. The van der Waals surface area contributed by atoms with Crippen LogP contribution in [0.5, 0.6) is 5.75 Å². The number of nitrogens with zero attached hydrogens (tertiary/aromatic N) is 2. The lowest BCUT2D eigenvalue weighted by molar-refractivity contribution is -0.394. The van der Waals surface area contributed by atoms with Gasteiger partial charge >= 0.3 is 11.8 Å². The second-order valence-electron chi connectivity index (χ2n) is 4.56. The molecule has 1 amide bonds. The van der Waals surface area contributed by atoms with Crippen LogP contribution >= 0.6 is 0 Å². The van der Waals surface area contributed by atoms with Crippen molar-refractivity contribution in [2.24, 2.45) is 0 Å². The smallest absolute Gasteiger partial charge is 0.412 e. The van der Waals surface area contributed by atoms with E-state index in [0.29, 0.717) is 11.6 Å². The van der Waals surface area contributed by atoms with E-state index in [0.717, 1.165) is 6.07 Å². The summed E-state index contributed by atoms with van der Waals surface area (Å²) >= 11 is 0. The molecule has 0 aliphatic heterocycles. The molecule has 0 atom stereocenters. The van der Waals surface area contributed by atoms with Gasteiger partial charge in [0.1, 0.15) is 12.3 Å². The average Bonchev–Trinajstić information content (AvgIpc) is 2.55. The van der Waals surface area contributed by atoms with Crippen molar-refractivity contribution in [3.63, 3.8) is 0 Å². The molecule has 0 saturated carbocycles. The number of benzene rings is 2. The van der Waals surface area contributed by atoms with E-state index in [-0.39, 0.29) is 6.61 Å². The van der Waals surface area contributed by atoms with Gasteiger partial charge in [0, 0.05) is 6.07 Å². The molecular formula is C14H11N3O7. The number of rotatable bonds is 5. The average molecular weight is 333 g/mol. The van der Waals surface area contributed by atoms with Crippen molar-refractivity contribution in [3.05, 3.63) is 68.3 Å². The minimum absolute atomic E-state index is 0.0789. The number of ether oxygens (including phenoxy) is 1. The molecular weight excluding hydrogens is 322 g/mol. The quantitative estimate of drug-likeness (QED) is 0.486. The maximum absolute atomic E-state index is 11.7. The van der Waals surface area contributed by atoms with Gasteiger partial charge < -0.3 is 9.84 Å². The third-order valence-electron chi connectivity index (χ3n) is 2.93. The Hall–Kier alpha value is -3.69. The van der Waals surface area contributed by atoms with Gasteiger partial charge in [-0.05, 0) is 5.56 Å². The summed E-state index contributed by atoms with van der Waals surface area (Å²) in [7, 11) is 0. The first-order valence-electron chi connectivity index (χ1n) is 6.52. The van der Waals surface area contributed by atoms with Gasteiger partial charge in [0.15, 0.2) is 0 Å². The molecule has 0 aliphatic carbocycles. The minimum Gasteiger partial charge on any atom is -0.501 e. The first kappa shape index (κ1) is 16.7. The number of carbonyl (C=O) groups is 1. The van der Waals surface area contributed by atoms with Crippen molar-refractivity contribution in [1.82, 2.24) is 0 Å². The molecule has 0 spiro atoms. The molecule has 24 heavy (non-hydrogen) atoms. The molecule has 0 bridgehead atoms. The van der Waals surface area contributed by atoms with Gasteiger partial charge in [-0.25, -0.2) is 4.79 Å². The molecule has 0 fully saturated rings. The summed E-state index contributed by atoms with van der Waals surface area (Å²) in [6.07, 6.45) is -1.02. The van der Waals surface area contributed by atoms with Crippen LogP contribution in [-0.4, -0.2) is 21.0 Å². The maximum atomic E-state index is 11.7. The molecule has 0 heterocycles. The van der Waals surface area contributed by atoms with Gasteiger partial charge in [-0.3, -0.25) is 25.5 Å². The summed E-state index contributed by atoms with van der Waals surface area (Å²) in [6.45, 7) is -0.0789. The molecule has 0 radical (unpaired) electrons. The molecule has 0 aromatic heterocycles. The molecule has 10 heteroatoms. The second-order valence-corrected chi connectivity index (χ2v) is 4.56. The van der Waals surface area contributed by atoms with Gasteiger partial charge in [-0.2, -0.15) is 0 Å². The van der Waals surface area contributed by atoms with E-state index in [1.165, 1.54) is 0 Å². The van der Waals surface area contributed by atoms with Gasteiger partial charge in [0.25, 0.3) is 5.69 Å². The second kappa shape index (κ2) is 7.05. The molecule has 10 nitrogen and oxygen atoms in total. The van der Waals surface area contributed by atoms with Crippen molar-refractivity contribution in [2.45, 2.75) is 6.61 Å². The largest absolute Gasteiger partial charge is 0.501 e. The molecule has 0 saturated heterocycles. The predicted octanol–water partition coefficient (Wildman–Crippen LogP) is 2.96. The Labute approximate surface area is 134 Å². The number of phenols is 1. The van der Waals surface area contributed by atoms with Crippen molar-refractivity contribution >= 4 is 23.2 Å². The fourth-order valence-corrected chi connectivity index (χ4v) is 1.81. The topological polar surface area (TPSA) is 145 Å². The first-order chi connectivity index (χ1) is 11.4. The summed E-state index contributed by atoms with van der Waals surface area (Å²) in [5, 5.41) is 33.4. The highest BCUT2D eigenvalue weighted by Crippen LogP contribution is 2.37. The number of carbonyl (C=O) groups excluding carboxylic acids is 1. The van der Waals surface area contributed by atoms with Crippen molar-refractivity contribution < 1.29 is 24.5 Å². The summed E-state index contributed by atoms with van der Waals surface area (Å²) in [5.74, 6) is -0.901. The number of phenolic OH excluding ortho intramolecular Hbond substituents is 1. The Morgan fingerprint density at radius 3 is 2.38 bits per heavy atom. The third kappa shape index (κ3) is 3.94. The number of non-ortho nitro benzene ring substituents is 1. The molecule has 2 aromatic rings. The van der Waals surface area contributed by atoms with Gasteiger partial charge in [-0.15, -0.1) is 0 Å². The number of hydrogen-bond acceptors (Lipinski definition) is 7. The van der Waals surface area contributed by atoms with E-state index in [2.05, 4.69) is 5.32 Å². The zero-order valence-corrected chi connectivity index (χ0v) is 12.0. The van der Waals surface area contributed by atoms with Crippen molar-refractivity contribution in [3.8, 4) is 5.75 Å². The third-order valence-corrected chi connectivity index (χ3v) is 2.93. The first-order valence-corrected chi connectivity index (χ1v) is 6.52. The number of nitro groups is 2. The maximum Gasteiger partial charge on any atom is 0.412 e. The van der Waals surface area contributed by atoms with E-state index in [1.54, 1.807) is 30.3 Å². The fraction of sp³-hybridized carbons (Fsp3) is 0.0714. The van der Waals surface area contributed by atoms with Crippen LogP contribution in [0, 0.1) is 20.2 Å². The van der Waals surface area contributed by atoms with Crippen LogP contribution < -0.4 is 5.32 Å². The lowest BCUT2D eigenvalue weighted by Crippen LogP contribution is -2.14. The van der Waals surface area contributed by atoms with E-state index in [4.69, 9.17) is 4.74 Å². The number of nitro benzene ring substituents is 2. The highest BCUT2D eigenvalue weighted by Gasteiger charge is 2.25. The molecule has 0 aliphatic rings. The number of hydrogen-bond donors (Lipinski definition) is 2. The van der Waals surface area contributed by atoms with Crippen molar-refractivity contribution in [1.29, 1.82) is 0 Å². The van der Waals surface area contributed by atoms with E-state index in [9.17, 15) is 30.1 Å². The van der Waals surface area contributed by atoms with Crippen LogP contribution in [0.3, 0.4) is 0 Å². The summed E-state index contributed by atoms with van der Waals surface area (Å²) in [6, 6.07) is 10.1. The number of amides is 1. The Balaban J connectivity index is 2.17.